The second-order valence-corrected chi connectivity index (χ2v) is 5.96. The van der Waals surface area contributed by atoms with Crippen molar-refractivity contribution >= 4 is 10.0 Å². The van der Waals surface area contributed by atoms with Gasteiger partial charge in [0.1, 0.15) is 12.4 Å². The van der Waals surface area contributed by atoms with Gasteiger partial charge in [0.25, 0.3) is 6.43 Å². The summed E-state index contributed by atoms with van der Waals surface area (Å²) < 4.78 is 55.2. The number of hydrogen-bond donors (Lipinski definition) is 2. The molecular formula is C13H14F2N2O3S. The molecule has 2 N–H and O–H groups in total. The minimum Gasteiger partial charge on any atom is -0.488 e. The summed E-state index contributed by atoms with van der Waals surface area (Å²) in [5.41, 5.74) is 0.732. The van der Waals surface area contributed by atoms with E-state index in [1.165, 1.54) is 24.3 Å². The monoisotopic (exact) mass is 316 g/mol. The summed E-state index contributed by atoms with van der Waals surface area (Å²) in [6, 6.07) is 8.80. The zero-order chi connectivity index (χ0) is 15.3. The van der Waals surface area contributed by atoms with Crippen LogP contribution in [0.25, 0.3) is 0 Å². The first-order valence-electron chi connectivity index (χ1n) is 6.10. The second-order valence-electron chi connectivity index (χ2n) is 4.19. The molecule has 5 nitrogen and oxygen atoms in total. The smallest absolute Gasteiger partial charge is 0.272 e. The van der Waals surface area contributed by atoms with Gasteiger partial charge >= 0.3 is 0 Å². The van der Waals surface area contributed by atoms with Gasteiger partial charge in [-0.05, 0) is 36.4 Å². The summed E-state index contributed by atoms with van der Waals surface area (Å²) in [5.74, 6) is 0.193. The molecule has 0 amide bonds. The Morgan fingerprint density at radius 2 is 1.90 bits per heavy atom. The Morgan fingerprint density at radius 1 is 1.19 bits per heavy atom. The van der Waals surface area contributed by atoms with Gasteiger partial charge in [0.2, 0.25) is 10.0 Å². The zero-order valence-electron chi connectivity index (χ0n) is 10.9. The third kappa shape index (κ3) is 4.54. The number of aromatic amines is 1. The number of ether oxygens (including phenoxy) is 1. The van der Waals surface area contributed by atoms with E-state index in [0.717, 1.165) is 5.69 Å². The SMILES string of the molecule is O=S(=O)(NCc1ccc[nH]1)c1ccc(OCC(F)F)cc1. The lowest BCUT2D eigenvalue weighted by Crippen LogP contribution is -2.23. The maximum atomic E-state index is 12.0. The van der Waals surface area contributed by atoms with Crippen molar-refractivity contribution in [3.05, 3.63) is 48.3 Å². The maximum absolute atomic E-state index is 12.0. The fraction of sp³-hybridized carbons (Fsp3) is 0.231. The van der Waals surface area contributed by atoms with Gasteiger partial charge in [-0.15, -0.1) is 0 Å². The quantitative estimate of drug-likeness (QED) is 0.822. The predicted octanol–water partition coefficient (Wildman–Crippen LogP) is 2.14. The largest absolute Gasteiger partial charge is 0.488 e. The van der Waals surface area contributed by atoms with E-state index in [-0.39, 0.29) is 17.2 Å². The molecule has 0 aliphatic heterocycles. The first kappa shape index (κ1) is 15.5. The molecule has 0 aliphatic carbocycles. The Balaban J connectivity index is 1.99. The van der Waals surface area contributed by atoms with Crippen LogP contribution in [0, 0.1) is 0 Å². The van der Waals surface area contributed by atoms with Crippen LogP contribution in [0.4, 0.5) is 8.78 Å². The second kappa shape index (κ2) is 6.68. The topological polar surface area (TPSA) is 71.2 Å². The maximum Gasteiger partial charge on any atom is 0.272 e. The van der Waals surface area contributed by atoms with E-state index < -0.39 is 23.1 Å². The van der Waals surface area contributed by atoms with Gasteiger partial charge in [0.05, 0.1) is 11.4 Å². The zero-order valence-corrected chi connectivity index (χ0v) is 11.7. The van der Waals surface area contributed by atoms with Crippen molar-refractivity contribution in [2.24, 2.45) is 0 Å². The van der Waals surface area contributed by atoms with Crippen LogP contribution in [0.3, 0.4) is 0 Å². The minimum atomic E-state index is -3.66. The molecule has 21 heavy (non-hydrogen) atoms. The fourth-order valence-electron chi connectivity index (χ4n) is 1.61. The average molecular weight is 316 g/mol. The van der Waals surface area contributed by atoms with Gasteiger partial charge in [-0.25, -0.2) is 21.9 Å². The summed E-state index contributed by atoms with van der Waals surface area (Å²) in [5, 5.41) is 0. The van der Waals surface area contributed by atoms with Gasteiger partial charge in [0.15, 0.2) is 0 Å². The highest BCUT2D eigenvalue weighted by Gasteiger charge is 2.14. The standard InChI is InChI=1S/C13H14F2N2O3S/c14-13(15)9-20-11-3-5-12(6-4-11)21(18,19)17-8-10-2-1-7-16-10/h1-7,13,16-17H,8-9H2. The number of rotatable bonds is 7. The summed E-state index contributed by atoms with van der Waals surface area (Å²) in [4.78, 5) is 2.92. The van der Waals surface area contributed by atoms with Gasteiger partial charge in [-0.1, -0.05) is 0 Å². The van der Waals surface area contributed by atoms with E-state index >= 15 is 0 Å². The van der Waals surface area contributed by atoms with Crippen LogP contribution in [0.2, 0.25) is 0 Å². The Bertz CT molecular complexity index is 655. The summed E-state index contributed by atoms with van der Waals surface area (Å²) >= 11 is 0. The molecule has 1 aromatic heterocycles. The number of benzene rings is 1. The Kier molecular flexibility index (Phi) is 4.92. The number of hydrogen-bond acceptors (Lipinski definition) is 3. The van der Waals surface area contributed by atoms with E-state index in [1.807, 2.05) is 0 Å². The Morgan fingerprint density at radius 3 is 2.48 bits per heavy atom. The molecule has 0 saturated carbocycles. The minimum absolute atomic E-state index is 0.0402. The molecule has 114 valence electrons. The Hall–Kier alpha value is -1.93. The molecule has 2 aromatic rings. The molecule has 0 saturated heterocycles. The molecule has 1 heterocycles. The average Bonchev–Trinajstić information content (AvgIpc) is 2.97. The number of H-pyrrole nitrogens is 1. The highest BCUT2D eigenvalue weighted by molar-refractivity contribution is 7.89. The molecule has 1 aromatic carbocycles. The van der Waals surface area contributed by atoms with E-state index in [4.69, 9.17) is 4.74 Å². The molecule has 8 heteroatoms. The van der Waals surface area contributed by atoms with Gasteiger partial charge in [-0.2, -0.15) is 0 Å². The van der Waals surface area contributed by atoms with Crippen molar-refractivity contribution in [1.29, 1.82) is 0 Å². The summed E-state index contributed by atoms with van der Waals surface area (Å²) in [6.07, 6.45) is -0.880. The first-order valence-corrected chi connectivity index (χ1v) is 7.58. The van der Waals surface area contributed by atoms with Crippen LogP contribution in [-0.2, 0) is 16.6 Å². The Labute approximate surface area is 121 Å². The van der Waals surface area contributed by atoms with Crippen LogP contribution in [0.15, 0.2) is 47.5 Å². The molecule has 0 fully saturated rings. The van der Waals surface area contributed by atoms with Gasteiger partial charge in [-0.3, -0.25) is 0 Å². The van der Waals surface area contributed by atoms with Crippen LogP contribution >= 0.6 is 0 Å². The molecule has 0 atom stereocenters. The number of nitrogens with one attached hydrogen (secondary N) is 2. The molecule has 0 unspecified atom stereocenters. The van der Waals surface area contributed by atoms with Crippen LogP contribution in [-0.4, -0.2) is 26.4 Å². The third-order valence-corrected chi connectivity index (χ3v) is 4.04. The highest BCUT2D eigenvalue weighted by atomic mass is 32.2. The lowest BCUT2D eigenvalue weighted by molar-refractivity contribution is 0.0819. The van der Waals surface area contributed by atoms with E-state index in [9.17, 15) is 17.2 Å². The third-order valence-electron chi connectivity index (χ3n) is 2.63. The molecule has 0 spiro atoms. The summed E-state index contributed by atoms with van der Waals surface area (Å²) in [6.45, 7) is -0.587. The molecule has 2 rings (SSSR count). The molecule has 0 bridgehead atoms. The van der Waals surface area contributed by atoms with Gasteiger partial charge in [0, 0.05) is 11.9 Å². The van der Waals surface area contributed by atoms with Crippen molar-refractivity contribution in [3.8, 4) is 5.75 Å². The van der Waals surface area contributed by atoms with Crippen molar-refractivity contribution in [1.82, 2.24) is 9.71 Å². The van der Waals surface area contributed by atoms with E-state index in [0.29, 0.717) is 0 Å². The number of halogens is 2. The van der Waals surface area contributed by atoms with E-state index in [1.54, 1.807) is 18.3 Å². The van der Waals surface area contributed by atoms with Crippen LogP contribution in [0.1, 0.15) is 5.69 Å². The molecule has 0 aliphatic rings. The highest BCUT2D eigenvalue weighted by Crippen LogP contribution is 2.16. The molecular weight excluding hydrogens is 302 g/mol. The lowest BCUT2D eigenvalue weighted by Gasteiger charge is -2.08. The summed E-state index contributed by atoms with van der Waals surface area (Å²) in [7, 11) is -3.66. The normalized spacial score (nSPS) is 11.8. The van der Waals surface area contributed by atoms with Crippen molar-refractivity contribution < 1.29 is 21.9 Å². The van der Waals surface area contributed by atoms with Crippen LogP contribution in [0.5, 0.6) is 5.75 Å². The number of alkyl halides is 2. The van der Waals surface area contributed by atoms with Crippen molar-refractivity contribution in [2.45, 2.75) is 17.9 Å². The van der Waals surface area contributed by atoms with Crippen molar-refractivity contribution in [3.63, 3.8) is 0 Å². The predicted molar refractivity (Wildman–Crippen MR) is 72.8 cm³/mol. The number of aromatic nitrogens is 1. The fourth-order valence-corrected chi connectivity index (χ4v) is 2.61. The molecule has 0 radical (unpaired) electrons. The van der Waals surface area contributed by atoms with Gasteiger partial charge < -0.3 is 9.72 Å². The lowest BCUT2D eigenvalue weighted by atomic mass is 10.3. The van der Waals surface area contributed by atoms with Crippen molar-refractivity contribution in [2.75, 3.05) is 6.61 Å². The first-order chi connectivity index (χ1) is 9.97. The van der Waals surface area contributed by atoms with Crippen LogP contribution < -0.4 is 9.46 Å². The van der Waals surface area contributed by atoms with E-state index in [2.05, 4.69) is 9.71 Å². The number of sulfonamides is 1.